The second-order valence-electron chi connectivity index (χ2n) is 4.35. The third-order valence-electron chi connectivity index (χ3n) is 2.60. The van der Waals surface area contributed by atoms with Crippen molar-refractivity contribution in [2.24, 2.45) is 0 Å². The van der Waals surface area contributed by atoms with Gasteiger partial charge in [0.15, 0.2) is 0 Å². The number of carboxylic acids is 1. The van der Waals surface area contributed by atoms with Crippen LogP contribution in [0.3, 0.4) is 0 Å². The van der Waals surface area contributed by atoms with E-state index in [-0.39, 0.29) is 6.10 Å². The first-order valence-corrected chi connectivity index (χ1v) is 6.69. The van der Waals surface area contributed by atoms with Crippen LogP contribution < -0.4 is 0 Å². The van der Waals surface area contributed by atoms with Crippen LogP contribution in [-0.2, 0) is 0 Å². The number of unbranched alkanes of at least 4 members (excludes halogenated alkanes) is 2. The third kappa shape index (κ3) is 10.0. The van der Waals surface area contributed by atoms with Crippen molar-refractivity contribution in [2.45, 2.75) is 45.1 Å². The largest absolute Gasteiger partial charge is 0.478 e. The number of aromatic carboxylic acids is 1. The fourth-order valence-electron chi connectivity index (χ4n) is 1.52. The van der Waals surface area contributed by atoms with Gasteiger partial charge in [-0.25, -0.2) is 4.79 Å². The molecule has 0 aliphatic carbocycles. The number of benzene rings is 1. The Hall–Kier alpha value is -1.61. The van der Waals surface area contributed by atoms with Crippen molar-refractivity contribution in [1.82, 2.24) is 0 Å². The molecule has 0 bridgehead atoms. The summed E-state index contributed by atoms with van der Waals surface area (Å²) in [6, 6.07) is 8.30. The molecule has 0 saturated heterocycles. The molecular weight excluding hydrogens is 240 g/mol. The van der Waals surface area contributed by atoms with Gasteiger partial charge < -0.3 is 10.2 Å². The molecule has 1 rings (SSSR count). The second kappa shape index (κ2) is 11.5. The van der Waals surface area contributed by atoms with Crippen LogP contribution in [0.15, 0.2) is 43.0 Å². The van der Waals surface area contributed by atoms with Crippen molar-refractivity contribution in [1.29, 1.82) is 0 Å². The van der Waals surface area contributed by atoms with Crippen LogP contribution in [0.4, 0.5) is 0 Å². The third-order valence-corrected chi connectivity index (χ3v) is 2.60. The van der Waals surface area contributed by atoms with Crippen molar-refractivity contribution in [3.63, 3.8) is 0 Å². The summed E-state index contributed by atoms with van der Waals surface area (Å²) >= 11 is 0. The lowest BCUT2D eigenvalue weighted by atomic mass is 10.1. The van der Waals surface area contributed by atoms with Crippen molar-refractivity contribution in [2.75, 3.05) is 0 Å². The summed E-state index contributed by atoms with van der Waals surface area (Å²) in [5.74, 6) is -0.879. The molecule has 0 aromatic heterocycles. The minimum absolute atomic E-state index is 0.149. The number of aliphatic hydroxyl groups is 1. The van der Waals surface area contributed by atoms with Gasteiger partial charge in [-0.05, 0) is 25.0 Å². The molecule has 0 spiro atoms. The average molecular weight is 264 g/mol. The summed E-state index contributed by atoms with van der Waals surface area (Å²) in [6.45, 7) is 5.74. The normalized spacial score (nSPS) is 11.1. The molecule has 2 N–H and O–H groups in total. The van der Waals surface area contributed by atoms with Crippen LogP contribution in [0, 0.1) is 0 Å². The molecule has 0 radical (unpaired) electrons. The van der Waals surface area contributed by atoms with E-state index in [2.05, 4.69) is 13.5 Å². The Bertz CT molecular complexity index is 346. The van der Waals surface area contributed by atoms with Gasteiger partial charge in [0.1, 0.15) is 0 Å². The molecule has 0 aliphatic rings. The van der Waals surface area contributed by atoms with Gasteiger partial charge in [0.25, 0.3) is 0 Å². The van der Waals surface area contributed by atoms with Crippen LogP contribution in [-0.4, -0.2) is 22.3 Å². The summed E-state index contributed by atoms with van der Waals surface area (Å²) < 4.78 is 0. The Labute approximate surface area is 115 Å². The van der Waals surface area contributed by atoms with E-state index in [9.17, 15) is 9.90 Å². The van der Waals surface area contributed by atoms with Gasteiger partial charge in [0.05, 0.1) is 11.7 Å². The fourth-order valence-corrected chi connectivity index (χ4v) is 1.52. The predicted octanol–water partition coefficient (Wildman–Crippen LogP) is 3.89. The van der Waals surface area contributed by atoms with Crippen molar-refractivity contribution in [3.8, 4) is 0 Å². The van der Waals surface area contributed by atoms with Gasteiger partial charge in [0, 0.05) is 0 Å². The van der Waals surface area contributed by atoms with E-state index in [1.807, 2.05) is 0 Å². The Balaban J connectivity index is 0.000000342. The zero-order chi connectivity index (χ0) is 14.5. The van der Waals surface area contributed by atoms with Crippen molar-refractivity contribution in [3.05, 3.63) is 48.6 Å². The first-order valence-electron chi connectivity index (χ1n) is 6.69. The molecule has 0 aliphatic heterocycles. The van der Waals surface area contributed by atoms with Crippen LogP contribution in [0.2, 0.25) is 0 Å². The SMILES string of the molecule is C=CCC(O)CCCCC.O=C(O)c1ccccc1. The highest BCUT2D eigenvalue weighted by Gasteiger charge is 1.99. The lowest BCUT2D eigenvalue weighted by Crippen LogP contribution is -2.03. The Kier molecular flexibility index (Phi) is 10.5. The van der Waals surface area contributed by atoms with Crippen LogP contribution in [0.5, 0.6) is 0 Å². The molecule has 3 heteroatoms. The molecular formula is C16H24O3. The van der Waals surface area contributed by atoms with E-state index in [1.54, 1.807) is 36.4 Å². The number of aliphatic hydroxyl groups excluding tert-OH is 1. The predicted molar refractivity (Wildman–Crippen MR) is 78.4 cm³/mol. The molecule has 106 valence electrons. The topological polar surface area (TPSA) is 57.5 Å². The zero-order valence-electron chi connectivity index (χ0n) is 11.6. The Morgan fingerprint density at radius 2 is 1.95 bits per heavy atom. The van der Waals surface area contributed by atoms with Crippen LogP contribution in [0.25, 0.3) is 0 Å². The molecule has 0 fully saturated rings. The first kappa shape index (κ1) is 17.4. The molecule has 1 unspecified atom stereocenters. The smallest absolute Gasteiger partial charge is 0.335 e. The maximum absolute atomic E-state index is 10.2. The molecule has 0 amide bonds. The molecule has 1 aromatic carbocycles. The first-order chi connectivity index (χ1) is 9.11. The van der Waals surface area contributed by atoms with Crippen molar-refractivity contribution < 1.29 is 15.0 Å². The minimum Gasteiger partial charge on any atom is -0.478 e. The monoisotopic (exact) mass is 264 g/mol. The fraction of sp³-hybridized carbons (Fsp3) is 0.438. The molecule has 3 nitrogen and oxygen atoms in total. The van der Waals surface area contributed by atoms with E-state index in [0.29, 0.717) is 5.56 Å². The van der Waals surface area contributed by atoms with Crippen LogP contribution in [0.1, 0.15) is 49.4 Å². The highest BCUT2D eigenvalue weighted by Crippen LogP contribution is 2.05. The second-order valence-corrected chi connectivity index (χ2v) is 4.35. The van der Waals surface area contributed by atoms with Gasteiger partial charge >= 0.3 is 5.97 Å². The standard InChI is InChI=1S/C9H18O.C7H6O2/c1-3-5-6-8-9(10)7-4-2;8-7(9)6-4-2-1-3-5-6/h4,9-10H,2-3,5-8H2,1H3;1-5H,(H,8,9). The van der Waals surface area contributed by atoms with E-state index < -0.39 is 5.97 Å². The van der Waals surface area contributed by atoms with Gasteiger partial charge in [0.2, 0.25) is 0 Å². The number of hydrogen-bond acceptors (Lipinski definition) is 2. The number of carbonyl (C=O) groups is 1. The quantitative estimate of drug-likeness (QED) is 0.580. The zero-order valence-corrected chi connectivity index (χ0v) is 11.6. The lowest BCUT2D eigenvalue weighted by molar-refractivity contribution is 0.0697. The van der Waals surface area contributed by atoms with Gasteiger partial charge in [-0.3, -0.25) is 0 Å². The van der Waals surface area contributed by atoms with Gasteiger partial charge in [-0.2, -0.15) is 0 Å². The number of hydrogen-bond donors (Lipinski definition) is 2. The molecule has 0 saturated carbocycles. The molecule has 1 atom stereocenters. The summed E-state index contributed by atoms with van der Waals surface area (Å²) in [5.41, 5.74) is 0.331. The highest BCUT2D eigenvalue weighted by molar-refractivity contribution is 5.87. The highest BCUT2D eigenvalue weighted by atomic mass is 16.4. The minimum atomic E-state index is -0.879. The summed E-state index contributed by atoms with van der Waals surface area (Å²) in [4.78, 5) is 10.2. The number of rotatable bonds is 7. The maximum atomic E-state index is 10.2. The van der Waals surface area contributed by atoms with E-state index in [0.717, 1.165) is 19.3 Å². The van der Waals surface area contributed by atoms with E-state index in [4.69, 9.17) is 5.11 Å². The molecule has 19 heavy (non-hydrogen) atoms. The van der Waals surface area contributed by atoms with Gasteiger partial charge in [-0.1, -0.05) is 50.5 Å². The van der Waals surface area contributed by atoms with Crippen molar-refractivity contribution >= 4 is 5.97 Å². The molecule has 0 heterocycles. The average Bonchev–Trinajstić information content (AvgIpc) is 2.41. The van der Waals surface area contributed by atoms with E-state index >= 15 is 0 Å². The van der Waals surface area contributed by atoms with E-state index in [1.165, 1.54) is 12.8 Å². The Morgan fingerprint density at radius 3 is 2.37 bits per heavy atom. The number of carboxylic acid groups (broad SMARTS) is 1. The summed E-state index contributed by atoms with van der Waals surface area (Å²) in [6.07, 6.45) is 6.89. The van der Waals surface area contributed by atoms with Gasteiger partial charge in [-0.15, -0.1) is 6.58 Å². The van der Waals surface area contributed by atoms with Crippen LogP contribution >= 0.6 is 0 Å². The Morgan fingerprint density at radius 1 is 1.32 bits per heavy atom. The maximum Gasteiger partial charge on any atom is 0.335 e. The summed E-state index contributed by atoms with van der Waals surface area (Å²) in [5, 5.41) is 17.6. The lowest BCUT2D eigenvalue weighted by Gasteiger charge is -2.05. The molecule has 1 aromatic rings. The summed E-state index contributed by atoms with van der Waals surface area (Å²) in [7, 11) is 0.